The third-order valence-electron chi connectivity index (χ3n) is 3.76. The number of unbranched alkanes of at least 4 members (excludes halogenated alkanes) is 2. The van der Waals surface area contributed by atoms with Crippen LogP contribution in [0.5, 0.6) is 0 Å². The van der Waals surface area contributed by atoms with Crippen LogP contribution in [0.3, 0.4) is 0 Å². The molecule has 0 spiro atoms. The molecule has 3 aromatic rings. The van der Waals surface area contributed by atoms with Crippen LogP contribution in [-0.2, 0) is 19.7 Å². The quantitative estimate of drug-likeness (QED) is 0.283. The molecule has 2 heterocycles. The van der Waals surface area contributed by atoms with Crippen molar-refractivity contribution in [2.24, 2.45) is 0 Å². The van der Waals surface area contributed by atoms with E-state index >= 15 is 0 Å². The van der Waals surface area contributed by atoms with Crippen LogP contribution in [0.15, 0.2) is 51.6 Å². The molecule has 0 saturated heterocycles. The molecule has 0 bridgehead atoms. The summed E-state index contributed by atoms with van der Waals surface area (Å²) >= 11 is 0. The molecule has 0 amide bonds. The monoisotopic (exact) mass is 457 g/mol. The number of aromatic amines is 2. The molecule has 0 aliphatic rings. The molecule has 0 fully saturated rings. The summed E-state index contributed by atoms with van der Waals surface area (Å²) in [6.07, 6.45) is 5.06. The van der Waals surface area contributed by atoms with E-state index < -0.39 is 24.6 Å². The lowest BCUT2D eigenvalue weighted by atomic mass is 10.3. The van der Waals surface area contributed by atoms with E-state index in [4.69, 9.17) is 0 Å². The molecule has 1 aromatic carbocycles. The molecule has 30 heavy (non-hydrogen) atoms. The smallest absolute Gasteiger partial charge is 0.264 e. The molecule has 0 aliphatic carbocycles. The van der Waals surface area contributed by atoms with Gasteiger partial charge in [0.2, 0.25) is 14.9 Å². The molecule has 0 atom stereocenters. The Balaban J connectivity index is 0.000000222. The molecule has 2 N–H and O–H groups in total. The second-order valence-corrected chi connectivity index (χ2v) is 9.86. The largest absolute Gasteiger partial charge is 0.269 e. The van der Waals surface area contributed by atoms with Gasteiger partial charge in [0.05, 0.1) is 28.0 Å². The minimum absolute atomic E-state index is 0.0450. The number of hydrogen-bond donors (Lipinski definition) is 2. The van der Waals surface area contributed by atoms with Gasteiger partial charge in [-0.25, -0.2) is 16.8 Å². The number of non-ortho nitro benzene ring substituents is 1. The Kier molecular flexibility index (Phi) is 7.71. The lowest BCUT2D eigenvalue weighted by molar-refractivity contribution is -0.384. The number of H-pyrrole nitrogens is 2. The third-order valence-corrected chi connectivity index (χ3v) is 7.06. The maximum Gasteiger partial charge on any atom is 0.269 e. The van der Waals surface area contributed by atoms with E-state index in [0.29, 0.717) is 6.42 Å². The number of rotatable bonds is 8. The number of nitro groups is 1. The maximum absolute atomic E-state index is 11.9. The highest BCUT2D eigenvalue weighted by molar-refractivity contribution is 7.91. The number of sulfone groups is 2. The molecule has 0 aliphatic heterocycles. The van der Waals surface area contributed by atoms with Gasteiger partial charge in [-0.05, 0) is 18.6 Å². The fourth-order valence-electron chi connectivity index (χ4n) is 2.18. The van der Waals surface area contributed by atoms with Crippen LogP contribution in [0, 0.1) is 10.1 Å². The number of benzene rings is 1. The van der Waals surface area contributed by atoms with Crippen LogP contribution >= 0.6 is 0 Å². The second-order valence-electron chi connectivity index (χ2n) is 5.90. The average Bonchev–Trinajstić information content (AvgIpc) is 3.43. The van der Waals surface area contributed by atoms with Crippen molar-refractivity contribution in [1.29, 1.82) is 0 Å². The van der Waals surface area contributed by atoms with Gasteiger partial charge in [0, 0.05) is 12.1 Å². The van der Waals surface area contributed by atoms with E-state index in [1.165, 1.54) is 6.20 Å². The van der Waals surface area contributed by atoms with Crippen LogP contribution in [0.1, 0.15) is 26.2 Å². The lowest BCUT2D eigenvalue weighted by Gasteiger charge is -1.99. The van der Waals surface area contributed by atoms with Gasteiger partial charge in [0.25, 0.3) is 5.69 Å². The molecule has 15 heteroatoms. The van der Waals surface area contributed by atoms with E-state index in [1.807, 2.05) is 6.92 Å². The number of aromatic nitrogens is 6. The minimum atomic E-state index is -3.77. The molecule has 13 nitrogen and oxygen atoms in total. The number of nitrogens with zero attached hydrogens (tertiary/aromatic N) is 5. The normalized spacial score (nSPS) is 11.5. The highest BCUT2D eigenvalue weighted by atomic mass is 32.2. The highest BCUT2D eigenvalue weighted by Crippen LogP contribution is 2.20. The zero-order valence-electron chi connectivity index (χ0n) is 15.8. The summed E-state index contributed by atoms with van der Waals surface area (Å²) < 4.78 is 46.7. The van der Waals surface area contributed by atoms with Crippen molar-refractivity contribution in [3.05, 3.63) is 46.8 Å². The summed E-state index contributed by atoms with van der Waals surface area (Å²) in [5.41, 5.74) is -0.177. The fourth-order valence-corrected chi connectivity index (χ4v) is 4.46. The molecule has 0 unspecified atom stereocenters. The highest BCUT2D eigenvalue weighted by Gasteiger charge is 2.21. The zero-order valence-corrected chi connectivity index (χ0v) is 17.4. The van der Waals surface area contributed by atoms with Crippen molar-refractivity contribution in [2.75, 3.05) is 5.75 Å². The van der Waals surface area contributed by atoms with Crippen molar-refractivity contribution in [2.45, 2.75) is 41.1 Å². The summed E-state index contributed by atoms with van der Waals surface area (Å²) in [7, 11) is -6.96. The van der Waals surface area contributed by atoms with E-state index in [-0.39, 0.29) is 26.4 Å². The van der Waals surface area contributed by atoms with Gasteiger partial charge in [-0.3, -0.25) is 20.3 Å². The van der Waals surface area contributed by atoms with E-state index in [2.05, 4.69) is 30.8 Å². The second kappa shape index (κ2) is 10.0. The predicted octanol–water partition coefficient (Wildman–Crippen LogP) is 1.31. The first-order valence-electron chi connectivity index (χ1n) is 8.63. The molecular weight excluding hydrogens is 438 g/mol. The topological polar surface area (TPSA) is 195 Å². The first-order chi connectivity index (χ1) is 14.2. The molecular formula is C15H19N7O6S2. The molecule has 0 radical (unpaired) electrons. The van der Waals surface area contributed by atoms with Crippen molar-refractivity contribution < 1.29 is 21.8 Å². The average molecular weight is 457 g/mol. The summed E-state index contributed by atoms with van der Waals surface area (Å²) in [6.45, 7) is 2.03. The first-order valence-corrected chi connectivity index (χ1v) is 11.8. The van der Waals surface area contributed by atoms with Crippen molar-refractivity contribution in [3.8, 4) is 0 Å². The van der Waals surface area contributed by atoms with Gasteiger partial charge in [-0.2, -0.15) is 0 Å². The van der Waals surface area contributed by atoms with Crippen LogP contribution in [0.2, 0.25) is 0 Å². The summed E-state index contributed by atoms with van der Waals surface area (Å²) in [5, 5.41) is 28.4. The summed E-state index contributed by atoms with van der Waals surface area (Å²) in [4.78, 5) is 9.74. The number of nitro benzene ring substituents is 1. The Hall–Kier alpha value is -3.20. The Bertz CT molecular complexity index is 1140. The van der Waals surface area contributed by atoms with Crippen molar-refractivity contribution >= 4 is 25.4 Å². The van der Waals surface area contributed by atoms with Crippen LogP contribution in [0.25, 0.3) is 0 Å². The third kappa shape index (κ3) is 5.90. The first kappa shape index (κ1) is 23.1. The van der Waals surface area contributed by atoms with Crippen LogP contribution in [-0.4, -0.2) is 58.3 Å². The van der Waals surface area contributed by atoms with E-state index in [0.717, 1.165) is 43.3 Å². The van der Waals surface area contributed by atoms with Gasteiger partial charge >= 0.3 is 0 Å². The van der Waals surface area contributed by atoms with Crippen LogP contribution < -0.4 is 0 Å². The Labute approximate surface area is 171 Å². The zero-order chi connectivity index (χ0) is 22.2. The van der Waals surface area contributed by atoms with Crippen molar-refractivity contribution in [3.63, 3.8) is 0 Å². The fraction of sp³-hybridized carbons (Fsp3) is 0.333. The Morgan fingerprint density at radius 1 is 0.933 bits per heavy atom. The predicted molar refractivity (Wildman–Crippen MR) is 103 cm³/mol. The van der Waals surface area contributed by atoms with Gasteiger partial charge in [0.1, 0.15) is 0 Å². The van der Waals surface area contributed by atoms with Gasteiger partial charge < -0.3 is 0 Å². The summed E-state index contributed by atoms with van der Waals surface area (Å²) in [5.74, 6) is 0.160. The number of hydrogen-bond acceptors (Lipinski definition) is 10. The van der Waals surface area contributed by atoms with Gasteiger partial charge in [-0.15, -0.1) is 10.2 Å². The van der Waals surface area contributed by atoms with Crippen molar-refractivity contribution in [1.82, 2.24) is 30.8 Å². The van der Waals surface area contributed by atoms with Crippen LogP contribution in [0.4, 0.5) is 5.69 Å². The molecule has 162 valence electrons. The lowest BCUT2D eigenvalue weighted by Crippen LogP contribution is -2.07. The maximum atomic E-state index is 11.9. The number of nitrogens with one attached hydrogen (secondary N) is 2. The van der Waals surface area contributed by atoms with E-state index in [9.17, 15) is 26.9 Å². The van der Waals surface area contributed by atoms with Gasteiger partial charge in [-0.1, -0.05) is 30.2 Å². The molecule has 0 saturated carbocycles. The van der Waals surface area contributed by atoms with Gasteiger partial charge in [0.15, 0.2) is 14.9 Å². The Morgan fingerprint density at radius 3 is 1.97 bits per heavy atom. The van der Waals surface area contributed by atoms with E-state index in [1.54, 1.807) is 0 Å². The summed E-state index contributed by atoms with van der Waals surface area (Å²) in [6, 6.07) is 4.55. The molecule has 2 aromatic heterocycles. The SMILES string of the molecule is CCCCCS(=O)(=O)c1c[nH]nn1.O=[N+]([O-])c1ccc(S(=O)(=O)c2c[nH]nn2)cc1. The standard InChI is InChI=1S/C8H6N4O4S.C7H13N3O2S/c13-12(14)6-1-3-7(4-2-6)17(15,16)8-5-9-11-10-8;1-2-3-4-5-13(11,12)7-6-8-10-9-7/h1-5H,(H,9,10,11);6H,2-5H2,1H3,(H,8,9,10). The minimum Gasteiger partial charge on any atom is -0.264 e. The Morgan fingerprint density at radius 2 is 1.50 bits per heavy atom. The molecule has 3 rings (SSSR count).